The Morgan fingerprint density at radius 1 is 1.17 bits per heavy atom. The average Bonchev–Trinajstić information content (AvgIpc) is 2.70. The molecule has 1 saturated carbocycles. The lowest BCUT2D eigenvalue weighted by molar-refractivity contribution is 0.304. The van der Waals surface area contributed by atoms with Crippen LogP contribution in [0.3, 0.4) is 0 Å². The number of phenols is 2. The Morgan fingerprint density at radius 2 is 1.89 bits per heavy atom. The molecule has 0 amide bonds. The Hall–Kier alpha value is -2.04. The maximum absolute atomic E-state index is 9.40. The van der Waals surface area contributed by atoms with Crippen molar-refractivity contribution in [3.63, 3.8) is 0 Å². The molecule has 0 atom stereocenters. The Kier molecular flexibility index (Phi) is 2.66. The molecule has 0 bridgehead atoms. The van der Waals surface area contributed by atoms with Crippen LogP contribution in [0.5, 0.6) is 11.5 Å². The van der Waals surface area contributed by atoms with Crippen molar-refractivity contribution >= 4 is 0 Å². The second-order valence-corrected chi connectivity index (χ2v) is 4.75. The van der Waals surface area contributed by atoms with Crippen molar-refractivity contribution in [2.24, 2.45) is 5.92 Å². The highest BCUT2D eigenvalue weighted by Crippen LogP contribution is 2.31. The molecule has 0 spiro atoms. The van der Waals surface area contributed by atoms with Gasteiger partial charge in [0.2, 0.25) is 0 Å². The van der Waals surface area contributed by atoms with Crippen LogP contribution in [0.15, 0.2) is 22.7 Å². The van der Waals surface area contributed by atoms with Crippen LogP contribution in [-0.4, -0.2) is 20.4 Å². The predicted octanol–water partition coefficient (Wildman–Crippen LogP) is 2.49. The van der Waals surface area contributed by atoms with Gasteiger partial charge in [0, 0.05) is 18.1 Å². The summed E-state index contributed by atoms with van der Waals surface area (Å²) in [7, 11) is 0. The molecule has 0 aliphatic heterocycles. The van der Waals surface area contributed by atoms with Gasteiger partial charge >= 0.3 is 0 Å². The molecule has 1 aliphatic rings. The van der Waals surface area contributed by atoms with Gasteiger partial charge in [0.05, 0.1) is 0 Å². The third-order valence-corrected chi connectivity index (χ3v) is 3.31. The first-order valence-electron chi connectivity index (χ1n) is 6.07. The van der Waals surface area contributed by atoms with Crippen LogP contribution >= 0.6 is 0 Å². The molecular weight excluding hydrogens is 232 g/mol. The minimum atomic E-state index is -0.0243. The van der Waals surface area contributed by atoms with Crippen molar-refractivity contribution in [2.75, 3.05) is 0 Å². The summed E-state index contributed by atoms with van der Waals surface area (Å²) >= 11 is 0. The highest BCUT2D eigenvalue weighted by molar-refractivity contribution is 5.58. The van der Waals surface area contributed by atoms with Gasteiger partial charge < -0.3 is 14.7 Å². The Labute approximate surface area is 104 Å². The van der Waals surface area contributed by atoms with Crippen molar-refractivity contribution in [2.45, 2.75) is 25.7 Å². The quantitative estimate of drug-likeness (QED) is 0.869. The van der Waals surface area contributed by atoms with Gasteiger partial charge in [-0.3, -0.25) is 0 Å². The first-order chi connectivity index (χ1) is 8.70. The van der Waals surface area contributed by atoms with Gasteiger partial charge in [0.15, 0.2) is 5.82 Å². The zero-order valence-corrected chi connectivity index (χ0v) is 9.83. The molecule has 18 heavy (non-hydrogen) atoms. The van der Waals surface area contributed by atoms with Crippen molar-refractivity contribution < 1.29 is 14.7 Å². The number of benzene rings is 1. The summed E-state index contributed by atoms with van der Waals surface area (Å²) in [5, 5.41) is 22.7. The van der Waals surface area contributed by atoms with Crippen LogP contribution in [0.2, 0.25) is 0 Å². The number of nitrogens with zero attached hydrogens (tertiary/aromatic N) is 2. The fraction of sp³-hybridized carbons (Fsp3) is 0.385. The van der Waals surface area contributed by atoms with Crippen LogP contribution in [0.4, 0.5) is 0 Å². The normalized spacial score (nSPS) is 15.6. The predicted molar refractivity (Wildman–Crippen MR) is 64.1 cm³/mol. The standard InChI is InChI=1S/C13H14N2O3/c16-10-5-9(6-11(17)7-10)13-14-12(15-18-13)4-8-2-1-3-8/h5-8,16-17H,1-4H2. The fourth-order valence-corrected chi connectivity index (χ4v) is 2.13. The second kappa shape index (κ2) is 4.33. The highest BCUT2D eigenvalue weighted by atomic mass is 16.5. The molecule has 5 heteroatoms. The highest BCUT2D eigenvalue weighted by Gasteiger charge is 2.20. The van der Waals surface area contributed by atoms with E-state index in [0.29, 0.717) is 23.2 Å². The van der Waals surface area contributed by atoms with Crippen LogP contribution in [0, 0.1) is 5.92 Å². The average molecular weight is 246 g/mol. The summed E-state index contributed by atoms with van der Waals surface area (Å²) in [6.45, 7) is 0. The minimum Gasteiger partial charge on any atom is -0.508 e. The molecule has 0 unspecified atom stereocenters. The number of rotatable bonds is 3. The van der Waals surface area contributed by atoms with Crippen LogP contribution in [0.25, 0.3) is 11.5 Å². The van der Waals surface area contributed by atoms with Crippen molar-refractivity contribution in [1.29, 1.82) is 0 Å². The van der Waals surface area contributed by atoms with Crippen LogP contribution < -0.4 is 0 Å². The number of phenolic OH excluding ortho intramolecular Hbond substituents is 2. The molecule has 3 rings (SSSR count). The van der Waals surface area contributed by atoms with Gasteiger partial charge in [-0.15, -0.1) is 0 Å². The molecule has 2 aromatic rings. The van der Waals surface area contributed by atoms with Crippen LogP contribution in [0.1, 0.15) is 25.1 Å². The van der Waals surface area contributed by atoms with Crippen molar-refractivity contribution in [3.05, 3.63) is 24.0 Å². The molecule has 0 radical (unpaired) electrons. The molecule has 1 fully saturated rings. The third kappa shape index (κ3) is 2.16. The molecule has 0 saturated heterocycles. The zero-order chi connectivity index (χ0) is 12.5. The molecule has 1 heterocycles. The summed E-state index contributed by atoms with van der Waals surface area (Å²) in [4.78, 5) is 4.28. The number of aromatic hydroxyl groups is 2. The third-order valence-electron chi connectivity index (χ3n) is 3.31. The van der Waals surface area contributed by atoms with E-state index in [1.165, 1.54) is 37.5 Å². The van der Waals surface area contributed by atoms with E-state index in [1.54, 1.807) is 0 Å². The number of hydrogen-bond acceptors (Lipinski definition) is 5. The molecule has 1 aliphatic carbocycles. The van der Waals surface area contributed by atoms with E-state index in [9.17, 15) is 10.2 Å². The Bertz CT molecular complexity index is 541. The molecule has 1 aromatic carbocycles. The topological polar surface area (TPSA) is 79.4 Å². The smallest absolute Gasteiger partial charge is 0.258 e. The van der Waals surface area contributed by atoms with Gasteiger partial charge in [-0.25, -0.2) is 0 Å². The monoisotopic (exact) mass is 246 g/mol. The van der Waals surface area contributed by atoms with E-state index in [4.69, 9.17) is 4.52 Å². The van der Waals surface area contributed by atoms with Gasteiger partial charge in [0.1, 0.15) is 11.5 Å². The van der Waals surface area contributed by atoms with Gasteiger partial charge in [-0.1, -0.05) is 24.4 Å². The van der Waals surface area contributed by atoms with Gasteiger partial charge in [0.25, 0.3) is 5.89 Å². The molecule has 5 nitrogen and oxygen atoms in total. The van der Waals surface area contributed by atoms with E-state index in [-0.39, 0.29) is 11.5 Å². The van der Waals surface area contributed by atoms with E-state index in [0.717, 1.165) is 6.42 Å². The summed E-state index contributed by atoms with van der Waals surface area (Å²) in [6, 6.07) is 4.23. The second-order valence-electron chi connectivity index (χ2n) is 4.75. The van der Waals surface area contributed by atoms with Crippen molar-refractivity contribution in [3.8, 4) is 23.0 Å². The van der Waals surface area contributed by atoms with Crippen LogP contribution in [-0.2, 0) is 6.42 Å². The maximum atomic E-state index is 9.40. The van der Waals surface area contributed by atoms with Gasteiger partial charge in [-0.05, 0) is 18.1 Å². The molecule has 94 valence electrons. The zero-order valence-electron chi connectivity index (χ0n) is 9.83. The fourth-order valence-electron chi connectivity index (χ4n) is 2.13. The lowest BCUT2D eigenvalue weighted by atomic mass is 9.83. The van der Waals surface area contributed by atoms with E-state index in [1.807, 2.05) is 0 Å². The minimum absolute atomic E-state index is 0.0243. The molecule has 2 N–H and O–H groups in total. The Morgan fingerprint density at radius 3 is 2.50 bits per heavy atom. The number of aromatic nitrogens is 2. The summed E-state index contributed by atoms with van der Waals surface area (Å²) in [5.41, 5.74) is 0.528. The number of hydrogen-bond donors (Lipinski definition) is 2. The summed E-state index contributed by atoms with van der Waals surface area (Å²) in [5.74, 6) is 1.65. The molecule has 1 aromatic heterocycles. The summed E-state index contributed by atoms with van der Waals surface area (Å²) in [6.07, 6.45) is 4.59. The van der Waals surface area contributed by atoms with E-state index < -0.39 is 0 Å². The lowest BCUT2D eigenvalue weighted by Gasteiger charge is -2.23. The van der Waals surface area contributed by atoms with E-state index >= 15 is 0 Å². The lowest BCUT2D eigenvalue weighted by Crippen LogP contribution is -2.14. The largest absolute Gasteiger partial charge is 0.508 e. The molecular formula is C13H14N2O3. The maximum Gasteiger partial charge on any atom is 0.258 e. The van der Waals surface area contributed by atoms with Crippen molar-refractivity contribution in [1.82, 2.24) is 10.1 Å². The van der Waals surface area contributed by atoms with E-state index in [2.05, 4.69) is 10.1 Å². The van der Waals surface area contributed by atoms with Gasteiger partial charge in [-0.2, -0.15) is 4.98 Å². The Balaban J connectivity index is 1.82. The SMILES string of the molecule is Oc1cc(O)cc(-c2nc(CC3CCC3)no2)c1. The summed E-state index contributed by atoms with van der Waals surface area (Å²) < 4.78 is 5.15. The first-order valence-corrected chi connectivity index (χ1v) is 6.07. The first kappa shape index (κ1) is 11.1.